The molecule has 2 N–H and O–H groups in total. The molecule has 0 amide bonds. The van der Waals surface area contributed by atoms with E-state index in [2.05, 4.69) is 52.5 Å². The van der Waals surface area contributed by atoms with E-state index in [1.54, 1.807) is 0 Å². The molecule has 14 heavy (non-hydrogen) atoms. The summed E-state index contributed by atoms with van der Waals surface area (Å²) in [5.74, 6) is 0.421. The number of hydrogen-bond donors (Lipinski definition) is 1. The molecule has 0 fully saturated rings. The maximum atomic E-state index is 5.84. The van der Waals surface area contributed by atoms with Gasteiger partial charge >= 0.3 is 0 Å². The molecule has 0 saturated carbocycles. The van der Waals surface area contributed by atoms with Crippen LogP contribution in [0.3, 0.4) is 0 Å². The molecule has 2 rings (SSSR count). The van der Waals surface area contributed by atoms with Crippen LogP contribution in [0.4, 0.5) is 5.69 Å². The molecule has 0 aliphatic carbocycles. The van der Waals surface area contributed by atoms with E-state index in [-0.39, 0.29) is 0 Å². The third-order valence-corrected chi connectivity index (χ3v) is 2.77. The summed E-state index contributed by atoms with van der Waals surface area (Å²) < 4.78 is 1.67. The topological polar surface area (TPSA) is 78.8 Å². The molecule has 0 atom stereocenters. The van der Waals surface area contributed by atoms with Crippen molar-refractivity contribution in [1.82, 2.24) is 20.6 Å². The van der Waals surface area contributed by atoms with Crippen LogP contribution in [-0.2, 0) is 0 Å². The van der Waals surface area contributed by atoms with Crippen LogP contribution in [0.15, 0.2) is 21.1 Å². The molecule has 0 bridgehead atoms. The van der Waals surface area contributed by atoms with Crippen molar-refractivity contribution in [2.24, 2.45) is 0 Å². The van der Waals surface area contributed by atoms with Crippen LogP contribution in [-0.4, -0.2) is 15.5 Å². The van der Waals surface area contributed by atoms with Gasteiger partial charge in [-0.2, -0.15) is 5.21 Å². The fourth-order valence-corrected chi connectivity index (χ4v) is 2.25. The average molecular weight is 318 g/mol. The fraction of sp³-hybridized carbons (Fsp3) is 0. The Morgan fingerprint density at radius 1 is 1.29 bits per heavy atom. The minimum atomic E-state index is 0.421. The van der Waals surface area contributed by atoms with Crippen LogP contribution < -0.4 is 10.8 Å². The molecule has 0 aliphatic heterocycles. The molecule has 1 aromatic heterocycles. The summed E-state index contributed by atoms with van der Waals surface area (Å²) in [5, 5.41) is 14.3. The molecular weight excluding hydrogens is 314 g/mol. The third-order valence-electron chi connectivity index (χ3n) is 1.65. The van der Waals surface area contributed by atoms with Crippen molar-refractivity contribution in [3.8, 4) is 11.4 Å². The van der Waals surface area contributed by atoms with Crippen molar-refractivity contribution in [3.63, 3.8) is 0 Å². The molecule has 72 valence electrons. The second-order valence-corrected chi connectivity index (χ2v) is 4.32. The van der Waals surface area contributed by atoms with E-state index in [0.717, 1.165) is 8.95 Å². The Kier molecular flexibility index (Phi) is 2.51. The first-order valence-corrected chi connectivity index (χ1v) is 5.20. The van der Waals surface area contributed by atoms with E-state index >= 15 is 0 Å². The first-order chi connectivity index (χ1) is 6.68. The smallest absolute Gasteiger partial charge is 0.0543 e. The van der Waals surface area contributed by atoms with Crippen molar-refractivity contribution in [1.29, 1.82) is 0 Å². The van der Waals surface area contributed by atoms with Gasteiger partial charge < -0.3 is 10.8 Å². The minimum absolute atomic E-state index is 0.421. The molecule has 1 aromatic carbocycles. The Hall–Kier alpha value is -0.950. The fourth-order valence-electron chi connectivity index (χ4n) is 1.02. The zero-order valence-corrected chi connectivity index (χ0v) is 9.95. The second kappa shape index (κ2) is 3.66. The van der Waals surface area contributed by atoms with Crippen LogP contribution in [0, 0.1) is 0 Å². The standard InChI is InChI=1S/C7H4Br2N5/c8-3-1-4(6(10)5(9)2-3)7-11-13-14-12-7/h1-2H,10H2/q-1. The van der Waals surface area contributed by atoms with E-state index < -0.39 is 0 Å². The zero-order valence-electron chi connectivity index (χ0n) is 6.78. The molecule has 0 spiro atoms. The summed E-state index contributed by atoms with van der Waals surface area (Å²) in [7, 11) is 0. The molecule has 0 radical (unpaired) electrons. The first-order valence-electron chi connectivity index (χ1n) is 3.62. The van der Waals surface area contributed by atoms with Gasteiger partial charge in [-0.1, -0.05) is 15.9 Å². The van der Waals surface area contributed by atoms with E-state index in [4.69, 9.17) is 5.73 Å². The number of tetrazole rings is 1. The molecule has 5 nitrogen and oxygen atoms in total. The Labute approximate surface area is 96.3 Å². The van der Waals surface area contributed by atoms with Gasteiger partial charge in [0.05, 0.1) is 5.69 Å². The van der Waals surface area contributed by atoms with Gasteiger partial charge in [0.1, 0.15) is 0 Å². The highest BCUT2D eigenvalue weighted by Gasteiger charge is 2.06. The number of rotatable bonds is 1. The predicted molar refractivity (Wildman–Crippen MR) is 58.4 cm³/mol. The van der Waals surface area contributed by atoms with Gasteiger partial charge in [0.25, 0.3) is 0 Å². The Morgan fingerprint density at radius 3 is 2.71 bits per heavy atom. The van der Waals surface area contributed by atoms with Crippen molar-refractivity contribution >= 4 is 37.5 Å². The van der Waals surface area contributed by atoms with Crippen molar-refractivity contribution in [3.05, 3.63) is 21.1 Å². The monoisotopic (exact) mass is 316 g/mol. The van der Waals surface area contributed by atoms with Crippen LogP contribution in [0.25, 0.3) is 11.4 Å². The van der Waals surface area contributed by atoms with Gasteiger partial charge in [-0.15, -0.1) is 0 Å². The quantitative estimate of drug-likeness (QED) is 0.808. The summed E-state index contributed by atoms with van der Waals surface area (Å²) in [6, 6.07) is 3.67. The maximum absolute atomic E-state index is 5.84. The van der Waals surface area contributed by atoms with Gasteiger partial charge in [0, 0.05) is 20.3 Å². The normalized spacial score (nSPS) is 10.4. The number of halogens is 2. The Balaban J connectivity index is 2.64. The van der Waals surface area contributed by atoms with E-state index in [1.165, 1.54) is 0 Å². The predicted octanol–water partition coefficient (Wildman–Crippen LogP) is 1.60. The van der Waals surface area contributed by atoms with Crippen molar-refractivity contribution in [2.45, 2.75) is 0 Å². The summed E-state index contributed by atoms with van der Waals surface area (Å²) in [6.07, 6.45) is 0. The van der Waals surface area contributed by atoms with Gasteiger partial charge in [0.2, 0.25) is 0 Å². The lowest BCUT2D eigenvalue weighted by atomic mass is 10.2. The molecule has 1 heterocycles. The van der Waals surface area contributed by atoms with Gasteiger partial charge in [-0.3, -0.25) is 10.3 Å². The van der Waals surface area contributed by atoms with Gasteiger partial charge in [0.15, 0.2) is 0 Å². The van der Waals surface area contributed by atoms with Gasteiger partial charge in [-0.25, -0.2) is 0 Å². The molecule has 0 saturated heterocycles. The summed E-state index contributed by atoms with van der Waals surface area (Å²) in [4.78, 5) is 0. The second-order valence-electron chi connectivity index (χ2n) is 2.55. The minimum Gasteiger partial charge on any atom is -0.397 e. The van der Waals surface area contributed by atoms with Crippen LogP contribution >= 0.6 is 31.9 Å². The van der Waals surface area contributed by atoms with Crippen LogP contribution in [0.5, 0.6) is 0 Å². The van der Waals surface area contributed by atoms with E-state index in [1.807, 2.05) is 12.1 Å². The van der Waals surface area contributed by atoms with Crippen LogP contribution in [0.1, 0.15) is 0 Å². The number of nitrogens with zero attached hydrogens (tertiary/aromatic N) is 4. The highest BCUT2D eigenvalue weighted by molar-refractivity contribution is 9.11. The molecule has 2 aromatic rings. The summed E-state index contributed by atoms with van der Waals surface area (Å²) >= 11 is 6.68. The van der Waals surface area contributed by atoms with Crippen LogP contribution in [0.2, 0.25) is 0 Å². The SMILES string of the molecule is Nc1c(Br)cc(Br)cc1-c1nnn[n-]1. The zero-order chi connectivity index (χ0) is 10.1. The van der Waals surface area contributed by atoms with E-state index in [0.29, 0.717) is 17.1 Å². The maximum Gasteiger partial charge on any atom is 0.0543 e. The Morgan fingerprint density at radius 2 is 2.07 bits per heavy atom. The lowest BCUT2D eigenvalue weighted by molar-refractivity contribution is 0.871. The van der Waals surface area contributed by atoms with Crippen molar-refractivity contribution < 1.29 is 0 Å². The van der Waals surface area contributed by atoms with Gasteiger partial charge in [-0.05, 0) is 28.1 Å². The molecule has 0 unspecified atom stereocenters. The van der Waals surface area contributed by atoms with Crippen molar-refractivity contribution in [2.75, 3.05) is 5.73 Å². The number of hydrogen-bond acceptors (Lipinski definition) is 4. The number of anilines is 1. The Bertz CT molecular complexity index is 453. The lowest BCUT2D eigenvalue weighted by Gasteiger charge is -2.07. The molecule has 0 aliphatic rings. The summed E-state index contributed by atoms with van der Waals surface area (Å²) in [6.45, 7) is 0. The third kappa shape index (κ3) is 1.64. The number of nitrogens with two attached hydrogens (primary N) is 1. The van der Waals surface area contributed by atoms with E-state index in [9.17, 15) is 0 Å². The number of benzene rings is 1. The molecular formula is C7H4Br2N5-. The largest absolute Gasteiger partial charge is 0.397 e. The first kappa shape index (κ1) is 9.60. The molecule has 7 heteroatoms. The number of aromatic nitrogens is 4. The highest BCUT2D eigenvalue weighted by Crippen LogP contribution is 2.32. The number of nitrogen functional groups attached to an aromatic ring is 1. The highest BCUT2D eigenvalue weighted by atomic mass is 79.9. The summed E-state index contributed by atoms with van der Waals surface area (Å²) in [5.41, 5.74) is 7.12. The average Bonchev–Trinajstić information content (AvgIpc) is 2.63. The lowest BCUT2D eigenvalue weighted by Crippen LogP contribution is -1.94.